The maximum atomic E-state index is 5.90. The number of rotatable bonds is 3. The molecule has 0 spiro atoms. The molecule has 1 aromatic heterocycles. The van der Waals surface area contributed by atoms with Crippen LogP contribution in [0.2, 0.25) is 5.15 Å². The summed E-state index contributed by atoms with van der Waals surface area (Å²) >= 11 is 5.90. The minimum Gasteiger partial charge on any atom is -0.366 e. The van der Waals surface area contributed by atoms with Crippen molar-refractivity contribution in [2.75, 3.05) is 5.32 Å². The molecule has 0 radical (unpaired) electrons. The average molecular weight is 234 g/mol. The number of hydrogen-bond acceptors (Lipinski definition) is 3. The summed E-state index contributed by atoms with van der Waals surface area (Å²) in [6.45, 7) is 2.63. The molecule has 0 fully saturated rings. The smallest absolute Gasteiger partial charge is 0.137 e. The Labute approximate surface area is 99.5 Å². The Bertz CT molecular complexity index is 471. The molecule has 0 unspecified atom stereocenters. The Kier molecular flexibility index (Phi) is 3.37. The van der Waals surface area contributed by atoms with E-state index in [0.717, 1.165) is 17.9 Å². The fraction of sp³-hybridized carbons (Fsp3) is 0.167. The minimum atomic E-state index is 0.491. The molecule has 0 atom stereocenters. The number of halogens is 1. The van der Waals surface area contributed by atoms with Gasteiger partial charge in [-0.25, -0.2) is 9.97 Å². The highest BCUT2D eigenvalue weighted by atomic mass is 35.5. The Morgan fingerprint density at radius 1 is 1.19 bits per heavy atom. The van der Waals surface area contributed by atoms with E-state index in [9.17, 15) is 0 Å². The van der Waals surface area contributed by atoms with Gasteiger partial charge >= 0.3 is 0 Å². The molecular formula is C12H12ClN3. The second-order valence-corrected chi connectivity index (χ2v) is 3.84. The van der Waals surface area contributed by atoms with Crippen LogP contribution in [0.3, 0.4) is 0 Å². The van der Waals surface area contributed by atoms with Gasteiger partial charge in [-0.2, -0.15) is 0 Å². The summed E-state index contributed by atoms with van der Waals surface area (Å²) in [6.07, 6.45) is 1.46. The van der Waals surface area contributed by atoms with Crippen molar-refractivity contribution in [1.82, 2.24) is 9.97 Å². The number of nitrogens with zero attached hydrogens (tertiary/aromatic N) is 2. The Balaban J connectivity index is 2.08. The van der Waals surface area contributed by atoms with Crippen LogP contribution in [0, 0.1) is 6.92 Å². The van der Waals surface area contributed by atoms with E-state index in [0.29, 0.717) is 5.15 Å². The number of nitrogens with one attached hydrogen (secondary N) is 1. The Morgan fingerprint density at radius 2 is 1.94 bits per heavy atom. The first-order chi connectivity index (χ1) is 7.77. The van der Waals surface area contributed by atoms with Gasteiger partial charge in [0.25, 0.3) is 0 Å². The van der Waals surface area contributed by atoms with Gasteiger partial charge in [0, 0.05) is 12.1 Å². The van der Waals surface area contributed by atoms with Crippen molar-refractivity contribution < 1.29 is 0 Å². The van der Waals surface area contributed by atoms with Gasteiger partial charge in [0.1, 0.15) is 17.3 Å². The lowest BCUT2D eigenvalue weighted by molar-refractivity contribution is 1.06. The Hall–Kier alpha value is -1.61. The van der Waals surface area contributed by atoms with Crippen molar-refractivity contribution in [3.63, 3.8) is 0 Å². The number of benzene rings is 1. The first kappa shape index (κ1) is 10.9. The van der Waals surface area contributed by atoms with Crippen LogP contribution in [0.5, 0.6) is 0 Å². The van der Waals surface area contributed by atoms with E-state index in [1.54, 1.807) is 0 Å². The zero-order valence-electron chi connectivity index (χ0n) is 8.94. The molecule has 0 saturated carbocycles. The van der Waals surface area contributed by atoms with Crippen LogP contribution in [0.25, 0.3) is 0 Å². The average Bonchev–Trinajstić information content (AvgIpc) is 2.32. The first-order valence-electron chi connectivity index (χ1n) is 5.02. The molecule has 1 aromatic carbocycles. The molecule has 0 bridgehead atoms. The third kappa shape index (κ3) is 2.49. The van der Waals surface area contributed by atoms with Crippen molar-refractivity contribution in [3.05, 3.63) is 52.9 Å². The van der Waals surface area contributed by atoms with Crippen LogP contribution in [0.4, 0.5) is 5.82 Å². The molecule has 4 heteroatoms. The van der Waals surface area contributed by atoms with Gasteiger partial charge in [0.15, 0.2) is 0 Å². The summed E-state index contributed by atoms with van der Waals surface area (Å²) in [5.41, 5.74) is 2.08. The van der Waals surface area contributed by atoms with Crippen LogP contribution in [0.15, 0.2) is 36.7 Å². The largest absolute Gasteiger partial charge is 0.366 e. The summed E-state index contributed by atoms with van der Waals surface area (Å²) in [7, 11) is 0. The van der Waals surface area contributed by atoms with Crippen LogP contribution < -0.4 is 5.32 Å². The van der Waals surface area contributed by atoms with Crippen molar-refractivity contribution in [3.8, 4) is 0 Å². The molecular weight excluding hydrogens is 222 g/mol. The first-order valence-corrected chi connectivity index (χ1v) is 5.40. The molecule has 0 aliphatic carbocycles. The second-order valence-electron chi connectivity index (χ2n) is 3.48. The second kappa shape index (κ2) is 4.94. The van der Waals surface area contributed by atoms with Gasteiger partial charge in [-0.3, -0.25) is 0 Å². The van der Waals surface area contributed by atoms with E-state index in [2.05, 4.69) is 27.4 Å². The van der Waals surface area contributed by atoms with Crippen molar-refractivity contribution in [2.45, 2.75) is 13.5 Å². The maximum absolute atomic E-state index is 5.90. The lowest BCUT2D eigenvalue weighted by atomic mass is 10.2. The predicted octanol–water partition coefficient (Wildman–Crippen LogP) is 3.05. The van der Waals surface area contributed by atoms with Gasteiger partial charge in [0.05, 0.1) is 0 Å². The van der Waals surface area contributed by atoms with E-state index in [1.807, 2.05) is 25.1 Å². The topological polar surface area (TPSA) is 37.8 Å². The standard InChI is InChI=1S/C12H12ClN3/c1-9-11(13)15-8-16-12(9)14-7-10-5-3-2-4-6-10/h2-6,8H,7H2,1H3,(H,14,15,16). The molecule has 82 valence electrons. The molecule has 2 aromatic rings. The van der Waals surface area contributed by atoms with Gasteiger partial charge < -0.3 is 5.32 Å². The van der Waals surface area contributed by atoms with E-state index in [-0.39, 0.29) is 0 Å². The van der Waals surface area contributed by atoms with Crippen molar-refractivity contribution >= 4 is 17.4 Å². The quantitative estimate of drug-likeness (QED) is 0.828. The highest BCUT2D eigenvalue weighted by Gasteiger charge is 2.03. The van der Waals surface area contributed by atoms with E-state index in [4.69, 9.17) is 11.6 Å². The molecule has 0 aliphatic rings. The lowest BCUT2D eigenvalue weighted by Gasteiger charge is -2.08. The summed E-state index contributed by atoms with van der Waals surface area (Å²) in [4.78, 5) is 8.06. The summed E-state index contributed by atoms with van der Waals surface area (Å²) in [6, 6.07) is 10.1. The van der Waals surface area contributed by atoms with Gasteiger partial charge in [-0.15, -0.1) is 0 Å². The van der Waals surface area contributed by atoms with E-state index < -0.39 is 0 Å². The summed E-state index contributed by atoms with van der Waals surface area (Å²) in [5, 5.41) is 3.73. The van der Waals surface area contributed by atoms with Crippen molar-refractivity contribution in [2.24, 2.45) is 0 Å². The van der Waals surface area contributed by atoms with E-state index in [1.165, 1.54) is 11.9 Å². The fourth-order valence-electron chi connectivity index (χ4n) is 1.39. The molecule has 1 N–H and O–H groups in total. The fourth-order valence-corrected chi connectivity index (χ4v) is 1.52. The highest BCUT2D eigenvalue weighted by Crippen LogP contribution is 2.18. The third-order valence-electron chi connectivity index (χ3n) is 2.33. The number of hydrogen-bond donors (Lipinski definition) is 1. The predicted molar refractivity (Wildman–Crippen MR) is 65.5 cm³/mol. The Morgan fingerprint density at radius 3 is 2.69 bits per heavy atom. The molecule has 3 nitrogen and oxygen atoms in total. The molecule has 0 amide bonds. The SMILES string of the molecule is Cc1c(Cl)ncnc1NCc1ccccc1. The zero-order chi connectivity index (χ0) is 11.4. The normalized spacial score (nSPS) is 10.1. The van der Waals surface area contributed by atoms with Crippen LogP contribution in [-0.2, 0) is 6.54 Å². The van der Waals surface area contributed by atoms with E-state index >= 15 is 0 Å². The summed E-state index contributed by atoms with van der Waals surface area (Å²) < 4.78 is 0. The van der Waals surface area contributed by atoms with Gasteiger partial charge in [0.2, 0.25) is 0 Å². The highest BCUT2D eigenvalue weighted by molar-refractivity contribution is 6.30. The number of aromatic nitrogens is 2. The van der Waals surface area contributed by atoms with Crippen LogP contribution >= 0.6 is 11.6 Å². The molecule has 16 heavy (non-hydrogen) atoms. The zero-order valence-corrected chi connectivity index (χ0v) is 9.70. The molecule has 2 rings (SSSR count). The van der Waals surface area contributed by atoms with Crippen LogP contribution in [-0.4, -0.2) is 9.97 Å². The van der Waals surface area contributed by atoms with Crippen LogP contribution in [0.1, 0.15) is 11.1 Å². The maximum Gasteiger partial charge on any atom is 0.137 e. The minimum absolute atomic E-state index is 0.491. The third-order valence-corrected chi connectivity index (χ3v) is 2.71. The number of anilines is 1. The molecule has 0 aliphatic heterocycles. The summed E-state index contributed by atoms with van der Waals surface area (Å²) in [5.74, 6) is 0.781. The molecule has 0 saturated heterocycles. The van der Waals surface area contributed by atoms with Gasteiger partial charge in [-0.05, 0) is 12.5 Å². The monoisotopic (exact) mass is 233 g/mol. The molecule has 1 heterocycles. The lowest BCUT2D eigenvalue weighted by Crippen LogP contribution is -2.03. The van der Waals surface area contributed by atoms with Gasteiger partial charge in [-0.1, -0.05) is 41.9 Å². The van der Waals surface area contributed by atoms with Crippen molar-refractivity contribution in [1.29, 1.82) is 0 Å².